The molecular formula is C23H22ClN2O3S2+. The van der Waals surface area contributed by atoms with E-state index in [2.05, 4.69) is 0 Å². The molecule has 3 aromatic carbocycles. The van der Waals surface area contributed by atoms with Gasteiger partial charge in [0, 0.05) is 23.3 Å². The fourth-order valence-corrected chi connectivity index (χ4v) is 5.64. The van der Waals surface area contributed by atoms with Crippen molar-refractivity contribution >= 4 is 51.9 Å². The van der Waals surface area contributed by atoms with Gasteiger partial charge in [0.05, 0.1) is 11.6 Å². The van der Waals surface area contributed by atoms with E-state index < -0.39 is 16.0 Å². The average Bonchev–Trinajstić information content (AvgIpc) is 3.13. The number of anilines is 1. The molecule has 2 atom stereocenters. The van der Waals surface area contributed by atoms with Crippen molar-refractivity contribution in [3.8, 4) is 0 Å². The van der Waals surface area contributed by atoms with E-state index in [-0.39, 0.29) is 9.80 Å². The molecule has 0 bridgehead atoms. The SMILES string of the molecule is O=C1C(Cl)SCN1c1cccc([N+](Cc2ccccc2)(Cc2ccccc2)S(=O)O)c1. The van der Waals surface area contributed by atoms with E-state index in [1.807, 2.05) is 84.9 Å². The molecule has 2 unspecified atom stereocenters. The lowest BCUT2D eigenvalue weighted by atomic mass is 10.1. The third kappa shape index (κ3) is 4.71. The maximum absolute atomic E-state index is 13.0. The average molecular weight is 474 g/mol. The molecule has 0 spiro atoms. The Morgan fingerprint density at radius 3 is 2.03 bits per heavy atom. The lowest BCUT2D eigenvalue weighted by molar-refractivity contribution is -0.116. The highest BCUT2D eigenvalue weighted by Gasteiger charge is 2.40. The van der Waals surface area contributed by atoms with E-state index >= 15 is 0 Å². The summed E-state index contributed by atoms with van der Waals surface area (Å²) in [6.07, 6.45) is 0. The van der Waals surface area contributed by atoms with Crippen molar-refractivity contribution in [1.29, 1.82) is 0 Å². The summed E-state index contributed by atoms with van der Waals surface area (Å²) >= 11 is 5.21. The fourth-order valence-electron chi connectivity index (χ4n) is 3.71. The number of amides is 1. The highest BCUT2D eigenvalue weighted by atomic mass is 35.5. The van der Waals surface area contributed by atoms with Gasteiger partial charge in [0.1, 0.15) is 13.1 Å². The van der Waals surface area contributed by atoms with Crippen LogP contribution >= 0.6 is 23.4 Å². The van der Waals surface area contributed by atoms with Crippen molar-refractivity contribution in [3.05, 3.63) is 96.1 Å². The first kappa shape index (κ1) is 22.0. The lowest BCUT2D eigenvalue weighted by Crippen LogP contribution is -2.49. The minimum Gasteiger partial charge on any atom is -0.300 e. The van der Waals surface area contributed by atoms with E-state index in [0.29, 0.717) is 30.3 Å². The van der Waals surface area contributed by atoms with Gasteiger partial charge in [0.15, 0.2) is 10.4 Å². The molecule has 1 aliphatic heterocycles. The molecule has 0 aromatic heterocycles. The predicted octanol–water partition coefficient (Wildman–Crippen LogP) is 5.13. The van der Waals surface area contributed by atoms with E-state index in [9.17, 15) is 13.6 Å². The Balaban J connectivity index is 1.81. The first-order chi connectivity index (χ1) is 15.0. The Hall–Kier alpha value is -2.16. The summed E-state index contributed by atoms with van der Waals surface area (Å²) in [6, 6.07) is 26.7. The molecule has 1 aliphatic rings. The second-order valence-corrected chi connectivity index (χ2v) is 10.2. The number of benzene rings is 3. The molecule has 0 radical (unpaired) electrons. The van der Waals surface area contributed by atoms with E-state index in [0.717, 1.165) is 11.1 Å². The van der Waals surface area contributed by atoms with Gasteiger partial charge in [-0.05, 0) is 6.07 Å². The van der Waals surface area contributed by atoms with Crippen LogP contribution in [0.5, 0.6) is 0 Å². The summed E-state index contributed by atoms with van der Waals surface area (Å²) in [5.41, 5.74) is 3.22. The Labute approximate surface area is 193 Å². The molecule has 160 valence electrons. The maximum atomic E-state index is 13.0. The minimum absolute atomic E-state index is 0.168. The lowest BCUT2D eigenvalue weighted by Gasteiger charge is -2.33. The molecule has 1 amide bonds. The summed E-state index contributed by atoms with van der Waals surface area (Å²) < 4.78 is 22.8. The topological polar surface area (TPSA) is 57.6 Å². The molecule has 0 saturated carbocycles. The normalized spacial score (nSPS) is 17.7. The van der Waals surface area contributed by atoms with Gasteiger partial charge in [-0.1, -0.05) is 66.7 Å². The minimum atomic E-state index is -2.24. The molecule has 3 aromatic rings. The van der Waals surface area contributed by atoms with Gasteiger partial charge in [0.2, 0.25) is 0 Å². The number of hydrogen-bond donors (Lipinski definition) is 1. The standard InChI is InChI=1S/C23H21ClN2O3S2/c24-22-23(27)25(17-30-22)20-12-7-13-21(14-20)26(31(28)29,15-18-8-3-1-4-9-18)16-19-10-5-2-6-11-19/h1-14,22H,15-17H2/p+1. The van der Waals surface area contributed by atoms with Crippen molar-refractivity contribution in [2.75, 3.05) is 10.8 Å². The molecule has 4 rings (SSSR count). The van der Waals surface area contributed by atoms with Crippen molar-refractivity contribution in [1.82, 2.24) is 3.89 Å². The Morgan fingerprint density at radius 1 is 0.968 bits per heavy atom. The van der Waals surface area contributed by atoms with Crippen LogP contribution in [-0.2, 0) is 29.2 Å². The van der Waals surface area contributed by atoms with Crippen LogP contribution in [-0.4, -0.2) is 25.3 Å². The van der Waals surface area contributed by atoms with Crippen LogP contribution in [0.3, 0.4) is 0 Å². The van der Waals surface area contributed by atoms with Gasteiger partial charge in [-0.3, -0.25) is 9.35 Å². The number of rotatable bonds is 7. The first-order valence-corrected chi connectivity index (χ1v) is 12.3. The summed E-state index contributed by atoms with van der Waals surface area (Å²) in [6.45, 7) is 0.645. The molecule has 1 heterocycles. The number of nitrogens with zero attached hydrogens (tertiary/aromatic N) is 2. The summed E-state index contributed by atoms with van der Waals surface area (Å²) in [5, 5.41) is 0. The molecule has 1 N–H and O–H groups in total. The molecule has 5 nitrogen and oxygen atoms in total. The van der Waals surface area contributed by atoms with Gasteiger partial charge in [-0.25, -0.2) is 0 Å². The van der Waals surface area contributed by atoms with Gasteiger partial charge >= 0.3 is 11.3 Å². The maximum Gasteiger partial charge on any atom is 0.364 e. The summed E-state index contributed by atoms with van der Waals surface area (Å²) in [7, 11) is 0. The van der Waals surface area contributed by atoms with Crippen LogP contribution in [0.15, 0.2) is 84.9 Å². The number of halogens is 1. The summed E-state index contributed by atoms with van der Waals surface area (Å²) in [4.78, 5) is 14.1. The van der Waals surface area contributed by atoms with Crippen molar-refractivity contribution in [3.63, 3.8) is 0 Å². The molecule has 0 aliphatic carbocycles. The van der Waals surface area contributed by atoms with Crippen LogP contribution in [0.1, 0.15) is 11.1 Å². The quantitative estimate of drug-likeness (QED) is 0.293. The molecular weight excluding hydrogens is 452 g/mol. The third-order valence-corrected chi connectivity index (χ3v) is 7.82. The number of carbonyl (C=O) groups is 1. The van der Waals surface area contributed by atoms with Crippen molar-refractivity contribution in [2.45, 2.75) is 17.8 Å². The molecule has 1 saturated heterocycles. The second-order valence-electron chi connectivity index (χ2n) is 7.31. The van der Waals surface area contributed by atoms with Crippen LogP contribution in [0.4, 0.5) is 11.4 Å². The van der Waals surface area contributed by atoms with Crippen molar-refractivity contribution < 1.29 is 13.6 Å². The highest BCUT2D eigenvalue weighted by Crippen LogP contribution is 2.37. The van der Waals surface area contributed by atoms with Gasteiger partial charge in [-0.15, -0.1) is 23.4 Å². The Morgan fingerprint density at radius 2 is 1.55 bits per heavy atom. The largest absolute Gasteiger partial charge is 0.364 e. The number of quaternary nitrogens is 1. The van der Waals surface area contributed by atoms with Crippen LogP contribution in [0, 0.1) is 0 Å². The molecule has 31 heavy (non-hydrogen) atoms. The van der Waals surface area contributed by atoms with Crippen LogP contribution in [0.2, 0.25) is 0 Å². The highest BCUT2D eigenvalue weighted by molar-refractivity contribution is 8.02. The zero-order chi connectivity index (χ0) is 21.8. The number of thioether (sulfide) groups is 1. The van der Waals surface area contributed by atoms with Gasteiger partial charge in [-0.2, -0.15) is 8.10 Å². The number of hydrogen-bond acceptors (Lipinski definition) is 3. The zero-order valence-corrected chi connectivity index (χ0v) is 19.0. The number of alkyl halides is 1. The van der Waals surface area contributed by atoms with Crippen LogP contribution in [0.25, 0.3) is 0 Å². The molecule has 8 heteroatoms. The van der Waals surface area contributed by atoms with E-state index in [4.69, 9.17) is 11.6 Å². The van der Waals surface area contributed by atoms with E-state index in [1.165, 1.54) is 11.8 Å². The predicted molar refractivity (Wildman–Crippen MR) is 129 cm³/mol. The van der Waals surface area contributed by atoms with E-state index in [1.54, 1.807) is 4.90 Å². The Bertz CT molecular complexity index is 1040. The summed E-state index contributed by atoms with van der Waals surface area (Å²) in [5.74, 6) is 0.286. The number of carbonyl (C=O) groups excluding carboxylic acids is 1. The second kappa shape index (κ2) is 9.54. The van der Waals surface area contributed by atoms with Crippen molar-refractivity contribution in [2.24, 2.45) is 0 Å². The first-order valence-electron chi connectivity index (χ1n) is 9.74. The van der Waals surface area contributed by atoms with Gasteiger partial charge in [0.25, 0.3) is 5.91 Å². The van der Waals surface area contributed by atoms with Crippen LogP contribution < -0.4 is 8.79 Å². The monoisotopic (exact) mass is 473 g/mol. The third-order valence-electron chi connectivity index (χ3n) is 5.28. The molecule has 1 fully saturated rings. The Kier molecular flexibility index (Phi) is 6.79. The smallest absolute Gasteiger partial charge is 0.300 e. The fraction of sp³-hybridized carbons (Fsp3) is 0.174. The zero-order valence-electron chi connectivity index (χ0n) is 16.6. The van der Waals surface area contributed by atoms with Gasteiger partial charge < -0.3 is 4.90 Å².